The van der Waals surface area contributed by atoms with Gasteiger partial charge in [-0.25, -0.2) is 13.6 Å². The Hall–Kier alpha value is -2.31. The molecule has 0 radical (unpaired) electrons. The molecule has 0 atom stereocenters. The van der Waals surface area contributed by atoms with Crippen molar-refractivity contribution in [3.63, 3.8) is 0 Å². The summed E-state index contributed by atoms with van der Waals surface area (Å²) in [6.45, 7) is 0. The van der Waals surface area contributed by atoms with Gasteiger partial charge in [0.05, 0.1) is 11.2 Å². The van der Waals surface area contributed by atoms with E-state index in [1.54, 1.807) is 0 Å². The minimum absolute atomic E-state index is 0.00130. The number of rotatable bonds is 1. The van der Waals surface area contributed by atoms with E-state index in [1.165, 1.54) is 0 Å². The Morgan fingerprint density at radius 3 is 2.50 bits per heavy atom. The van der Waals surface area contributed by atoms with Crippen LogP contribution in [0.1, 0.15) is 10.5 Å². The summed E-state index contributed by atoms with van der Waals surface area (Å²) in [6.07, 6.45) is 0. The minimum atomic E-state index is -1.38. The van der Waals surface area contributed by atoms with Crippen LogP contribution < -0.4 is 5.73 Å². The van der Waals surface area contributed by atoms with Crippen LogP contribution in [-0.2, 0) is 0 Å². The molecule has 1 heterocycles. The number of aromatic nitrogens is 2. The lowest BCUT2D eigenvalue weighted by Gasteiger charge is -2.04. The lowest BCUT2D eigenvalue weighted by molar-refractivity contribution is 0.0691. The number of halogens is 2. The fourth-order valence-corrected chi connectivity index (χ4v) is 1.28. The summed E-state index contributed by atoms with van der Waals surface area (Å²) >= 11 is 0. The molecule has 0 saturated heterocycles. The predicted octanol–water partition coefficient (Wildman–Crippen LogP) is 1.19. The number of carboxylic acids is 1. The maximum Gasteiger partial charge on any atom is 0.358 e. The Balaban J connectivity index is 2.84. The quantitative estimate of drug-likeness (QED) is 0.760. The first kappa shape index (κ1) is 10.2. The van der Waals surface area contributed by atoms with Gasteiger partial charge in [-0.15, -0.1) is 10.2 Å². The van der Waals surface area contributed by atoms with E-state index in [2.05, 4.69) is 10.2 Å². The lowest BCUT2D eigenvalue weighted by Crippen LogP contribution is -2.08. The van der Waals surface area contributed by atoms with Gasteiger partial charge in [0.1, 0.15) is 0 Å². The van der Waals surface area contributed by atoms with E-state index in [9.17, 15) is 13.6 Å². The zero-order valence-electron chi connectivity index (χ0n) is 7.74. The molecule has 2 aromatic rings. The molecule has 0 spiro atoms. The molecule has 7 heteroatoms. The number of anilines is 1. The van der Waals surface area contributed by atoms with Crippen molar-refractivity contribution < 1.29 is 18.7 Å². The van der Waals surface area contributed by atoms with E-state index in [-0.39, 0.29) is 16.6 Å². The maximum absolute atomic E-state index is 12.9. The van der Waals surface area contributed by atoms with Crippen LogP contribution in [0.4, 0.5) is 14.5 Å². The summed E-state index contributed by atoms with van der Waals surface area (Å²) < 4.78 is 25.8. The summed E-state index contributed by atoms with van der Waals surface area (Å²) in [7, 11) is 0. The van der Waals surface area contributed by atoms with Crippen molar-refractivity contribution in [3.8, 4) is 0 Å². The molecular weight excluding hydrogens is 220 g/mol. The van der Waals surface area contributed by atoms with Crippen LogP contribution in [0.2, 0.25) is 0 Å². The first-order chi connectivity index (χ1) is 7.50. The number of nitrogen functional groups attached to an aromatic ring is 1. The molecule has 0 fully saturated rings. The van der Waals surface area contributed by atoms with Crippen molar-refractivity contribution in [3.05, 3.63) is 29.5 Å². The van der Waals surface area contributed by atoms with Gasteiger partial charge in [0, 0.05) is 11.5 Å². The van der Waals surface area contributed by atoms with Crippen LogP contribution in [0.3, 0.4) is 0 Å². The van der Waals surface area contributed by atoms with Crippen molar-refractivity contribution in [2.45, 2.75) is 0 Å². The number of nitrogens with zero attached hydrogens (tertiary/aromatic N) is 2. The van der Waals surface area contributed by atoms with Crippen LogP contribution in [-0.4, -0.2) is 21.3 Å². The van der Waals surface area contributed by atoms with Crippen LogP contribution in [0, 0.1) is 11.6 Å². The molecule has 1 aromatic carbocycles. The SMILES string of the molecule is Nc1c(C(=O)O)nnc2cc(F)c(F)cc12. The highest BCUT2D eigenvalue weighted by molar-refractivity contribution is 6.01. The van der Waals surface area contributed by atoms with E-state index in [4.69, 9.17) is 10.8 Å². The number of fused-ring (bicyclic) bond motifs is 1. The molecule has 0 amide bonds. The van der Waals surface area contributed by atoms with E-state index in [0.29, 0.717) is 0 Å². The minimum Gasteiger partial charge on any atom is -0.476 e. The van der Waals surface area contributed by atoms with E-state index < -0.39 is 23.3 Å². The topological polar surface area (TPSA) is 89.1 Å². The van der Waals surface area contributed by atoms with Crippen molar-refractivity contribution in [2.24, 2.45) is 0 Å². The third-order valence-corrected chi connectivity index (χ3v) is 2.04. The van der Waals surface area contributed by atoms with Gasteiger partial charge >= 0.3 is 5.97 Å². The largest absolute Gasteiger partial charge is 0.476 e. The number of carboxylic acid groups (broad SMARTS) is 1. The molecule has 1 aromatic heterocycles. The predicted molar refractivity (Wildman–Crippen MR) is 50.8 cm³/mol. The number of carbonyl (C=O) groups is 1. The van der Waals surface area contributed by atoms with Gasteiger partial charge in [-0.05, 0) is 6.07 Å². The average Bonchev–Trinajstić information content (AvgIpc) is 2.21. The lowest BCUT2D eigenvalue weighted by atomic mass is 10.1. The van der Waals surface area contributed by atoms with Crippen molar-refractivity contribution >= 4 is 22.6 Å². The zero-order chi connectivity index (χ0) is 11.9. The van der Waals surface area contributed by atoms with Crippen LogP contribution in [0.15, 0.2) is 12.1 Å². The van der Waals surface area contributed by atoms with Gasteiger partial charge < -0.3 is 10.8 Å². The maximum atomic E-state index is 12.9. The highest BCUT2D eigenvalue weighted by Gasteiger charge is 2.15. The number of benzene rings is 1. The zero-order valence-corrected chi connectivity index (χ0v) is 7.74. The molecule has 5 nitrogen and oxygen atoms in total. The second kappa shape index (κ2) is 3.37. The summed E-state index contributed by atoms with van der Waals surface area (Å²) in [5.74, 6) is -3.59. The van der Waals surface area contributed by atoms with Gasteiger partial charge in [-0.2, -0.15) is 0 Å². The third-order valence-electron chi connectivity index (χ3n) is 2.04. The molecular formula is C9H5F2N3O2. The van der Waals surface area contributed by atoms with Crippen molar-refractivity contribution in [2.75, 3.05) is 5.73 Å². The normalized spacial score (nSPS) is 10.6. The molecule has 82 valence electrons. The average molecular weight is 225 g/mol. The smallest absolute Gasteiger partial charge is 0.358 e. The molecule has 0 aliphatic rings. The monoisotopic (exact) mass is 225 g/mol. The number of hydrogen-bond acceptors (Lipinski definition) is 4. The molecule has 2 rings (SSSR count). The first-order valence-electron chi connectivity index (χ1n) is 4.15. The molecule has 3 N–H and O–H groups in total. The Kier molecular flexibility index (Phi) is 2.15. The highest BCUT2D eigenvalue weighted by atomic mass is 19.2. The molecule has 16 heavy (non-hydrogen) atoms. The molecule has 0 bridgehead atoms. The van der Waals surface area contributed by atoms with Crippen LogP contribution in [0.5, 0.6) is 0 Å². The van der Waals surface area contributed by atoms with E-state index >= 15 is 0 Å². The van der Waals surface area contributed by atoms with Gasteiger partial charge in [0.25, 0.3) is 0 Å². The Morgan fingerprint density at radius 2 is 1.88 bits per heavy atom. The third kappa shape index (κ3) is 1.42. The number of nitrogens with two attached hydrogens (primary N) is 1. The molecule has 0 saturated carbocycles. The summed E-state index contributed by atoms with van der Waals surface area (Å²) in [4.78, 5) is 10.7. The summed E-state index contributed by atoms with van der Waals surface area (Å²) in [6, 6.07) is 1.60. The summed E-state index contributed by atoms with van der Waals surface area (Å²) in [5, 5.41) is 15.5. The molecule has 0 aliphatic heterocycles. The fourth-order valence-electron chi connectivity index (χ4n) is 1.28. The van der Waals surface area contributed by atoms with Crippen molar-refractivity contribution in [1.82, 2.24) is 10.2 Å². The van der Waals surface area contributed by atoms with E-state index in [0.717, 1.165) is 12.1 Å². The Labute approximate surface area is 87.5 Å². The second-order valence-corrected chi connectivity index (χ2v) is 3.05. The van der Waals surface area contributed by atoms with Gasteiger partial charge in [0.2, 0.25) is 0 Å². The second-order valence-electron chi connectivity index (χ2n) is 3.05. The van der Waals surface area contributed by atoms with Crippen LogP contribution in [0.25, 0.3) is 10.9 Å². The summed E-state index contributed by atoms with van der Waals surface area (Å²) in [5.41, 5.74) is 4.74. The van der Waals surface area contributed by atoms with Gasteiger partial charge in [-0.1, -0.05) is 0 Å². The van der Waals surface area contributed by atoms with Gasteiger partial charge in [-0.3, -0.25) is 0 Å². The Morgan fingerprint density at radius 1 is 1.25 bits per heavy atom. The Bertz CT molecular complexity index is 601. The van der Waals surface area contributed by atoms with E-state index in [1.807, 2.05) is 0 Å². The first-order valence-corrected chi connectivity index (χ1v) is 4.15. The number of aromatic carboxylic acids is 1. The number of hydrogen-bond donors (Lipinski definition) is 2. The molecule has 0 aliphatic carbocycles. The van der Waals surface area contributed by atoms with Crippen molar-refractivity contribution in [1.29, 1.82) is 0 Å². The highest BCUT2D eigenvalue weighted by Crippen LogP contribution is 2.23. The van der Waals surface area contributed by atoms with Gasteiger partial charge in [0.15, 0.2) is 17.3 Å². The fraction of sp³-hybridized carbons (Fsp3) is 0. The van der Waals surface area contributed by atoms with Crippen LogP contribution >= 0.6 is 0 Å². The molecule has 0 unspecified atom stereocenters. The standard InChI is InChI=1S/C9H5F2N3O2/c10-4-1-3-6(2-5(4)11)13-14-8(7(3)12)9(15)16/h1-2H,(H2,12,13)(H,15,16).